The van der Waals surface area contributed by atoms with E-state index < -0.39 is 12.0 Å². The quantitative estimate of drug-likeness (QED) is 0.584. The molecule has 3 rings (SSSR count). The van der Waals surface area contributed by atoms with Crippen molar-refractivity contribution in [1.82, 2.24) is 19.2 Å². The second-order valence-electron chi connectivity index (χ2n) is 6.51. The summed E-state index contributed by atoms with van der Waals surface area (Å²) in [6.45, 7) is 4.56. The van der Waals surface area contributed by atoms with Crippen molar-refractivity contribution in [1.29, 1.82) is 0 Å². The van der Waals surface area contributed by atoms with Gasteiger partial charge < -0.3 is 4.90 Å². The molecule has 0 bridgehead atoms. The van der Waals surface area contributed by atoms with Crippen LogP contribution in [0.4, 0.5) is 18.9 Å². The van der Waals surface area contributed by atoms with Gasteiger partial charge in [-0.2, -0.15) is 13.2 Å². The molecule has 0 N–H and O–H groups in total. The minimum atomic E-state index is -4.53. The highest BCUT2D eigenvalue weighted by atomic mass is 32.1. The van der Waals surface area contributed by atoms with E-state index in [0.717, 1.165) is 23.3 Å². The average Bonchev–Trinajstić information content (AvgIpc) is 2.91. The summed E-state index contributed by atoms with van der Waals surface area (Å²) in [7, 11) is 1.28. The first kappa shape index (κ1) is 19.6. The lowest BCUT2D eigenvalue weighted by Gasteiger charge is -2.35. The van der Waals surface area contributed by atoms with Crippen LogP contribution in [0.1, 0.15) is 23.1 Å². The zero-order valence-corrected chi connectivity index (χ0v) is 15.8. The fourth-order valence-electron chi connectivity index (χ4n) is 3.07. The second kappa shape index (κ2) is 7.43. The molecular formula is C17H20F3N5OS. The Kier molecular flexibility index (Phi) is 5.38. The minimum absolute atomic E-state index is 0.0247. The van der Waals surface area contributed by atoms with Crippen molar-refractivity contribution < 1.29 is 18.0 Å². The number of benzene rings is 1. The number of piperazine rings is 1. The van der Waals surface area contributed by atoms with Gasteiger partial charge in [-0.25, -0.2) is 4.68 Å². The van der Waals surface area contributed by atoms with Crippen LogP contribution in [0.25, 0.3) is 0 Å². The Bertz CT molecular complexity index is 879. The average molecular weight is 399 g/mol. The van der Waals surface area contributed by atoms with Crippen LogP contribution in [0.5, 0.6) is 0 Å². The summed E-state index contributed by atoms with van der Waals surface area (Å²) in [4.78, 5) is 15.6. The van der Waals surface area contributed by atoms with E-state index in [1.165, 1.54) is 18.7 Å². The number of halogens is 3. The van der Waals surface area contributed by atoms with Crippen LogP contribution >= 0.6 is 12.2 Å². The van der Waals surface area contributed by atoms with Gasteiger partial charge in [0.25, 0.3) is 0 Å². The molecule has 0 unspecified atom stereocenters. The third-order valence-electron chi connectivity index (χ3n) is 4.64. The number of hydrogen-bond acceptors (Lipinski definition) is 5. The summed E-state index contributed by atoms with van der Waals surface area (Å²) in [5.41, 5.74) is 1.69. The van der Waals surface area contributed by atoms with Gasteiger partial charge in [0.1, 0.15) is 0 Å². The standard InChI is InChI=1S/C17H20F3N5OS/c1-12(26)13-3-5-14(6-4-13)24-9-7-23(8-10-24)11-25-16(27)22(2)15(21-25)17(18,19)20/h3-6H,7-11H2,1-2H3. The van der Waals surface area contributed by atoms with Gasteiger partial charge in [-0.05, 0) is 43.4 Å². The molecule has 0 amide bonds. The molecule has 1 aromatic heterocycles. The monoisotopic (exact) mass is 399 g/mol. The normalized spacial score (nSPS) is 16.0. The number of hydrogen-bond donors (Lipinski definition) is 0. The maximum atomic E-state index is 13.0. The van der Waals surface area contributed by atoms with Gasteiger partial charge in [0, 0.05) is 44.5 Å². The molecule has 2 aromatic rings. The van der Waals surface area contributed by atoms with Gasteiger partial charge in [-0.1, -0.05) is 0 Å². The van der Waals surface area contributed by atoms with Crippen molar-refractivity contribution >= 4 is 23.7 Å². The summed E-state index contributed by atoms with van der Waals surface area (Å²) in [5, 5.41) is 3.64. The number of ketones is 1. The van der Waals surface area contributed by atoms with Crippen molar-refractivity contribution in [2.45, 2.75) is 19.8 Å². The number of nitrogens with zero attached hydrogens (tertiary/aromatic N) is 5. The molecule has 6 nitrogen and oxygen atoms in total. The molecule has 0 atom stereocenters. The lowest BCUT2D eigenvalue weighted by atomic mass is 10.1. The highest BCUT2D eigenvalue weighted by Gasteiger charge is 2.37. The molecule has 0 radical (unpaired) electrons. The van der Waals surface area contributed by atoms with E-state index >= 15 is 0 Å². The number of anilines is 1. The topological polar surface area (TPSA) is 46.3 Å². The van der Waals surface area contributed by atoms with Gasteiger partial charge in [-0.15, -0.1) is 5.10 Å². The molecule has 2 heterocycles. The third-order valence-corrected chi connectivity index (χ3v) is 5.12. The molecular weight excluding hydrogens is 379 g/mol. The van der Waals surface area contributed by atoms with E-state index in [-0.39, 0.29) is 17.2 Å². The van der Waals surface area contributed by atoms with Crippen LogP contribution in [0, 0.1) is 4.77 Å². The summed E-state index contributed by atoms with van der Waals surface area (Å²) < 4.78 is 41.0. The molecule has 10 heteroatoms. The van der Waals surface area contributed by atoms with E-state index in [2.05, 4.69) is 10.00 Å². The summed E-state index contributed by atoms with van der Waals surface area (Å²) >= 11 is 5.08. The van der Waals surface area contributed by atoms with Gasteiger partial charge in [0.05, 0.1) is 6.67 Å². The molecule has 0 aliphatic carbocycles. The molecule has 0 saturated carbocycles. The largest absolute Gasteiger partial charge is 0.451 e. The zero-order valence-electron chi connectivity index (χ0n) is 15.0. The van der Waals surface area contributed by atoms with Gasteiger partial charge >= 0.3 is 6.18 Å². The van der Waals surface area contributed by atoms with Gasteiger partial charge in [-0.3, -0.25) is 14.3 Å². The SMILES string of the molecule is CC(=O)c1ccc(N2CCN(Cn3nc(C(F)(F)F)n(C)c3=S)CC2)cc1. The highest BCUT2D eigenvalue weighted by molar-refractivity contribution is 7.71. The van der Waals surface area contributed by atoms with Gasteiger partial charge in [0.15, 0.2) is 10.6 Å². The first-order valence-corrected chi connectivity index (χ1v) is 8.87. The van der Waals surface area contributed by atoms with E-state index in [1.54, 1.807) is 12.1 Å². The molecule has 1 fully saturated rings. The van der Waals surface area contributed by atoms with Crippen molar-refractivity contribution in [2.24, 2.45) is 7.05 Å². The van der Waals surface area contributed by atoms with Crippen LogP contribution in [-0.4, -0.2) is 51.2 Å². The lowest BCUT2D eigenvalue weighted by Crippen LogP contribution is -2.47. The fraction of sp³-hybridized carbons (Fsp3) is 0.471. The molecule has 146 valence electrons. The van der Waals surface area contributed by atoms with Crippen LogP contribution in [0.15, 0.2) is 24.3 Å². The molecule has 1 saturated heterocycles. The highest BCUT2D eigenvalue weighted by Crippen LogP contribution is 2.27. The fourth-order valence-corrected chi connectivity index (χ4v) is 3.26. The Morgan fingerprint density at radius 2 is 1.74 bits per heavy atom. The van der Waals surface area contributed by atoms with Gasteiger partial charge in [0.2, 0.25) is 5.82 Å². The van der Waals surface area contributed by atoms with Crippen LogP contribution in [-0.2, 0) is 19.9 Å². The molecule has 1 aliphatic heterocycles. The smallest absolute Gasteiger partial charge is 0.369 e. The summed E-state index contributed by atoms with van der Waals surface area (Å²) in [5.74, 6) is -0.964. The Morgan fingerprint density at radius 3 is 2.22 bits per heavy atom. The van der Waals surface area contributed by atoms with Crippen molar-refractivity contribution in [3.8, 4) is 0 Å². The third kappa shape index (κ3) is 4.22. The first-order valence-electron chi connectivity index (χ1n) is 8.46. The number of aromatic nitrogens is 3. The van der Waals surface area contributed by atoms with Crippen LogP contribution in [0.3, 0.4) is 0 Å². The lowest BCUT2D eigenvalue weighted by molar-refractivity contribution is -0.147. The Labute approximate surface area is 159 Å². The van der Waals surface area contributed by atoms with Crippen molar-refractivity contribution in [3.05, 3.63) is 40.4 Å². The zero-order chi connectivity index (χ0) is 19.8. The van der Waals surface area contributed by atoms with E-state index in [0.29, 0.717) is 18.7 Å². The predicted octanol–water partition coefficient (Wildman–Crippen LogP) is 2.95. The van der Waals surface area contributed by atoms with Crippen molar-refractivity contribution in [3.63, 3.8) is 0 Å². The number of rotatable bonds is 4. The Morgan fingerprint density at radius 1 is 1.15 bits per heavy atom. The van der Waals surface area contributed by atoms with E-state index in [1.807, 2.05) is 17.0 Å². The van der Waals surface area contributed by atoms with Crippen LogP contribution < -0.4 is 4.90 Å². The molecule has 27 heavy (non-hydrogen) atoms. The first-order chi connectivity index (χ1) is 12.7. The predicted molar refractivity (Wildman–Crippen MR) is 97.3 cm³/mol. The van der Waals surface area contributed by atoms with E-state index in [4.69, 9.17) is 12.2 Å². The number of Topliss-reactive ketones (excluding diaryl/α,β-unsaturated/α-hetero) is 1. The number of carbonyl (C=O) groups excluding carboxylic acids is 1. The van der Waals surface area contributed by atoms with Crippen molar-refractivity contribution in [2.75, 3.05) is 31.1 Å². The maximum absolute atomic E-state index is 13.0. The maximum Gasteiger partial charge on any atom is 0.451 e. The molecule has 0 spiro atoms. The van der Waals surface area contributed by atoms with Crippen LogP contribution in [0.2, 0.25) is 0 Å². The minimum Gasteiger partial charge on any atom is -0.369 e. The molecule has 1 aliphatic rings. The Hall–Kier alpha value is -2.20. The summed E-state index contributed by atoms with van der Waals surface area (Å²) in [6.07, 6.45) is -4.53. The van der Waals surface area contributed by atoms with E-state index in [9.17, 15) is 18.0 Å². The summed E-state index contributed by atoms with van der Waals surface area (Å²) in [6, 6.07) is 7.43. The number of carbonyl (C=O) groups is 1. The Balaban J connectivity index is 1.63. The molecule has 1 aromatic carbocycles. The number of alkyl halides is 3. The second-order valence-corrected chi connectivity index (χ2v) is 6.88.